The number of carboxylic acid groups (broad SMARTS) is 1. The zero-order valence-electron chi connectivity index (χ0n) is 14.2. The number of carbonyl (C=O) groups excluding carboxylic acids is 1. The van der Waals surface area contributed by atoms with Gasteiger partial charge in [-0.25, -0.2) is 9.18 Å². The van der Waals surface area contributed by atoms with Crippen LogP contribution in [-0.4, -0.2) is 29.7 Å². The summed E-state index contributed by atoms with van der Waals surface area (Å²) in [6.45, 7) is 2.22. The van der Waals surface area contributed by atoms with Gasteiger partial charge in [-0.05, 0) is 55.7 Å². The Balaban J connectivity index is 1.87. The van der Waals surface area contributed by atoms with Crippen LogP contribution in [0, 0.1) is 12.7 Å². The second kappa shape index (κ2) is 7.53. The Labute approximate surface area is 150 Å². The summed E-state index contributed by atoms with van der Waals surface area (Å²) in [7, 11) is 0. The van der Waals surface area contributed by atoms with Gasteiger partial charge in [0.05, 0.1) is 16.9 Å². The minimum atomic E-state index is -1.03. The molecule has 1 atom stereocenters. The summed E-state index contributed by atoms with van der Waals surface area (Å²) in [5, 5.41) is 15.0. The molecule has 0 saturated carbocycles. The first-order valence-corrected chi connectivity index (χ1v) is 8.27. The number of nitrogens with one attached hydrogen (secondary N) is 2. The molecule has 0 aromatic heterocycles. The topological polar surface area (TPSA) is 87.7 Å². The molecule has 0 bridgehead atoms. The van der Waals surface area contributed by atoms with Gasteiger partial charge in [0.15, 0.2) is 0 Å². The predicted molar refractivity (Wildman–Crippen MR) is 95.4 cm³/mol. The van der Waals surface area contributed by atoms with E-state index in [9.17, 15) is 19.1 Å². The number of rotatable bonds is 5. The van der Waals surface area contributed by atoms with E-state index in [1.54, 1.807) is 19.1 Å². The average Bonchev–Trinajstić information content (AvgIpc) is 3.13. The van der Waals surface area contributed by atoms with Crippen molar-refractivity contribution in [3.63, 3.8) is 0 Å². The molecule has 2 aromatic rings. The lowest BCUT2D eigenvalue weighted by Gasteiger charge is -2.17. The van der Waals surface area contributed by atoms with Crippen LogP contribution in [0.4, 0.5) is 21.5 Å². The van der Waals surface area contributed by atoms with Crippen molar-refractivity contribution in [2.24, 2.45) is 0 Å². The smallest absolute Gasteiger partial charge is 0.336 e. The number of hydrogen-bond donors (Lipinski definition) is 3. The zero-order chi connectivity index (χ0) is 18.7. The Morgan fingerprint density at radius 2 is 2.00 bits per heavy atom. The predicted octanol–water partition coefficient (Wildman–Crippen LogP) is 3.69. The van der Waals surface area contributed by atoms with E-state index in [2.05, 4.69) is 10.6 Å². The third-order valence-electron chi connectivity index (χ3n) is 4.30. The van der Waals surface area contributed by atoms with Crippen molar-refractivity contribution >= 4 is 28.9 Å². The summed E-state index contributed by atoms with van der Waals surface area (Å²) in [4.78, 5) is 23.6. The fourth-order valence-corrected chi connectivity index (χ4v) is 2.87. The van der Waals surface area contributed by atoms with Gasteiger partial charge in [0.1, 0.15) is 11.9 Å². The molecule has 1 amide bonds. The third-order valence-corrected chi connectivity index (χ3v) is 4.30. The van der Waals surface area contributed by atoms with Gasteiger partial charge in [0.2, 0.25) is 0 Å². The van der Waals surface area contributed by atoms with Gasteiger partial charge in [-0.2, -0.15) is 0 Å². The van der Waals surface area contributed by atoms with E-state index in [4.69, 9.17) is 4.74 Å². The van der Waals surface area contributed by atoms with E-state index < -0.39 is 17.9 Å². The molecule has 1 saturated heterocycles. The van der Waals surface area contributed by atoms with Crippen LogP contribution >= 0.6 is 0 Å². The number of carbonyl (C=O) groups is 2. The van der Waals surface area contributed by atoms with Crippen LogP contribution in [0.15, 0.2) is 36.4 Å². The molecule has 1 aliphatic heterocycles. The fourth-order valence-electron chi connectivity index (χ4n) is 2.87. The number of ether oxygens (including phenoxy) is 1. The summed E-state index contributed by atoms with van der Waals surface area (Å²) < 4.78 is 19.0. The lowest BCUT2D eigenvalue weighted by atomic mass is 10.1. The Hall–Kier alpha value is -2.93. The molecule has 0 radical (unpaired) electrons. The summed E-state index contributed by atoms with van der Waals surface area (Å²) in [6, 6.07) is 8.82. The quantitative estimate of drug-likeness (QED) is 0.759. The van der Waals surface area contributed by atoms with E-state index in [0.29, 0.717) is 30.0 Å². The fraction of sp³-hybridized carbons (Fsp3) is 0.263. The van der Waals surface area contributed by atoms with Crippen LogP contribution in [-0.2, 0) is 9.53 Å². The maximum Gasteiger partial charge on any atom is 0.336 e. The van der Waals surface area contributed by atoms with E-state index in [1.807, 2.05) is 0 Å². The van der Waals surface area contributed by atoms with E-state index in [-0.39, 0.29) is 17.2 Å². The molecule has 3 rings (SSSR count). The van der Waals surface area contributed by atoms with Crippen LogP contribution in [0.1, 0.15) is 28.8 Å². The standard InChI is InChI=1S/C19H19FN2O4/c1-11-13(19(24)25)4-2-5-14(11)21-15-8-7-12(20)10-16(15)22-18(23)17-6-3-9-26-17/h2,4-5,7-8,10,17,21H,3,6,9H2,1H3,(H,22,23)(H,24,25)/t17-/m1/s1. The molecular weight excluding hydrogens is 339 g/mol. The molecule has 0 aliphatic carbocycles. The van der Waals surface area contributed by atoms with E-state index in [1.165, 1.54) is 24.3 Å². The molecule has 1 fully saturated rings. The van der Waals surface area contributed by atoms with Gasteiger partial charge < -0.3 is 20.5 Å². The lowest BCUT2D eigenvalue weighted by Crippen LogP contribution is -2.27. The third kappa shape index (κ3) is 3.83. The first-order chi connectivity index (χ1) is 12.5. The highest BCUT2D eigenvalue weighted by Crippen LogP contribution is 2.30. The van der Waals surface area contributed by atoms with Crippen LogP contribution in [0.2, 0.25) is 0 Å². The Morgan fingerprint density at radius 3 is 2.69 bits per heavy atom. The largest absolute Gasteiger partial charge is 0.478 e. The molecule has 7 heteroatoms. The molecule has 0 unspecified atom stereocenters. The number of hydrogen-bond acceptors (Lipinski definition) is 4. The maximum absolute atomic E-state index is 13.7. The number of carboxylic acids is 1. The van der Waals surface area contributed by atoms with Crippen LogP contribution in [0.5, 0.6) is 0 Å². The molecule has 1 heterocycles. The number of anilines is 3. The van der Waals surface area contributed by atoms with Gasteiger partial charge in [-0.3, -0.25) is 4.79 Å². The van der Waals surface area contributed by atoms with Crippen molar-refractivity contribution in [1.29, 1.82) is 0 Å². The van der Waals surface area contributed by atoms with Gasteiger partial charge >= 0.3 is 5.97 Å². The molecule has 136 valence electrons. The monoisotopic (exact) mass is 358 g/mol. The summed E-state index contributed by atoms with van der Waals surface area (Å²) in [5.74, 6) is -1.85. The number of halogens is 1. The molecule has 2 aromatic carbocycles. The highest BCUT2D eigenvalue weighted by atomic mass is 19.1. The van der Waals surface area contributed by atoms with Gasteiger partial charge in [-0.15, -0.1) is 0 Å². The SMILES string of the molecule is Cc1c(Nc2ccc(F)cc2NC(=O)[C@H]2CCCO2)cccc1C(=O)O. The Kier molecular flexibility index (Phi) is 5.18. The zero-order valence-corrected chi connectivity index (χ0v) is 14.2. The van der Waals surface area contributed by atoms with Crippen molar-refractivity contribution in [1.82, 2.24) is 0 Å². The van der Waals surface area contributed by atoms with Gasteiger partial charge in [0, 0.05) is 12.3 Å². The van der Waals surface area contributed by atoms with Crippen molar-refractivity contribution in [3.05, 3.63) is 53.3 Å². The molecule has 1 aliphatic rings. The summed E-state index contributed by atoms with van der Waals surface area (Å²) in [5.41, 5.74) is 2.00. The molecular formula is C19H19FN2O4. The van der Waals surface area contributed by atoms with Crippen LogP contribution < -0.4 is 10.6 Å². The molecule has 3 N–H and O–H groups in total. The van der Waals surface area contributed by atoms with Crippen molar-refractivity contribution in [3.8, 4) is 0 Å². The summed E-state index contributed by atoms with van der Waals surface area (Å²) >= 11 is 0. The first kappa shape index (κ1) is 17.9. The van der Waals surface area contributed by atoms with Crippen molar-refractivity contribution in [2.45, 2.75) is 25.9 Å². The number of amides is 1. The molecule has 0 spiro atoms. The Morgan fingerprint density at radius 1 is 1.19 bits per heavy atom. The normalized spacial score (nSPS) is 16.3. The highest BCUT2D eigenvalue weighted by molar-refractivity contribution is 5.98. The van der Waals surface area contributed by atoms with Crippen molar-refractivity contribution in [2.75, 3.05) is 17.2 Å². The number of benzene rings is 2. The van der Waals surface area contributed by atoms with Crippen LogP contribution in [0.25, 0.3) is 0 Å². The number of aromatic carboxylic acids is 1. The van der Waals surface area contributed by atoms with E-state index >= 15 is 0 Å². The van der Waals surface area contributed by atoms with Gasteiger partial charge in [-0.1, -0.05) is 6.07 Å². The lowest BCUT2D eigenvalue weighted by molar-refractivity contribution is -0.124. The minimum absolute atomic E-state index is 0.169. The van der Waals surface area contributed by atoms with E-state index in [0.717, 1.165) is 6.42 Å². The minimum Gasteiger partial charge on any atom is -0.478 e. The van der Waals surface area contributed by atoms with Gasteiger partial charge in [0.25, 0.3) is 5.91 Å². The highest BCUT2D eigenvalue weighted by Gasteiger charge is 2.24. The maximum atomic E-state index is 13.7. The van der Waals surface area contributed by atoms with Crippen LogP contribution in [0.3, 0.4) is 0 Å². The Bertz CT molecular complexity index is 847. The first-order valence-electron chi connectivity index (χ1n) is 8.27. The second-order valence-corrected chi connectivity index (χ2v) is 6.09. The summed E-state index contributed by atoms with van der Waals surface area (Å²) in [6.07, 6.45) is 0.903. The average molecular weight is 358 g/mol. The van der Waals surface area contributed by atoms with Crippen molar-refractivity contribution < 1.29 is 23.8 Å². The molecule has 6 nitrogen and oxygen atoms in total. The second-order valence-electron chi connectivity index (χ2n) is 6.09. The molecule has 26 heavy (non-hydrogen) atoms.